The molecule has 0 spiro atoms. The number of benzene rings is 2. The molecule has 1 amide bonds. The highest BCUT2D eigenvalue weighted by atomic mass is 35.5. The summed E-state index contributed by atoms with van der Waals surface area (Å²) < 4.78 is 0. The third kappa shape index (κ3) is 3.54. The maximum absolute atomic E-state index is 12.3. The fraction of sp³-hybridized carbons (Fsp3) is 0.235. The summed E-state index contributed by atoms with van der Waals surface area (Å²) in [7, 11) is 0. The second-order valence-electron chi connectivity index (χ2n) is 5.55. The van der Waals surface area contributed by atoms with E-state index in [1.54, 1.807) is 24.3 Å². The molecule has 23 heavy (non-hydrogen) atoms. The Morgan fingerprint density at radius 2 is 1.83 bits per heavy atom. The smallest absolute Gasteiger partial charge is 0.257 e. The molecular formula is C17H17Cl2N3O. The number of anilines is 3. The quantitative estimate of drug-likeness (QED) is 0.806. The summed E-state index contributed by atoms with van der Waals surface area (Å²) in [5, 5.41) is 3.62. The van der Waals surface area contributed by atoms with E-state index in [-0.39, 0.29) is 5.91 Å². The van der Waals surface area contributed by atoms with Gasteiger partial charge in [-0.1, -0.05) is 23.2 Å². The van der Waals surface area contributed by atoms with E-state index < -0.39 is 0 Å². The Bertz CT molecular complexity index is 743. The Morgan fingerprint density at radius 1 is 1.09 bits per heavy atom. The van der Waals surface area contributed by atoms with Crippen molar-refractivity contribution in [2.75, 3.05) is 29.0 Å². The lowest BCUT2D eigenvalue weighted by Gasteiger charge is -2.20. The number of hydrogen-bond donors (Lipinski definition) is 2. The van der Waals surface area contributed by atoms with Crippen molar-refractivity contribution in [1.82, 2.24) is 0 Å². The second kappa shape index (κ2) is 6.69. The van der Waals surface area contributed by atoms with Crippen molar-refractivity contribution in [2.45, 2.75) is 12.8 Å². The van der Waals surface area contributed by atoms with Crippen LogP contribution in [0.15, 0.2) is 36.4 Å². The minimum Gasteiger partial charge on any atom is -0.397 e. The van der Waals surface area contributed by atoms with Crippen LogP contribution in [0.3, 0.4) is 0 Å². The maximum atomic E-state index is 12.3. The molecule has 0 unspecified atom stereocenters. The fourth-order valence-electron chi connectivity index (χ4n) is 2.75. The Morgan fingerprint density at radius 3 is 2.48 bits per heavy atom. The Hall–Kier alpha value is -1.91. The highest BCUT2D eigenvalue weighted by molar-refractivity contribution is 6.37. The average Bonchev–Trinajstić information content (AvgIpc) is 3.01. The van der Waals surface area contributed by atoms with Crippen LogP contribution in [0, 0.1) is 0 Å². The first-order valence-electron chi connectivity index (χ1n) is 7.45. The maximum Gasteiger partial charge on any atom is 0.257 e. The predicted molar refractivity (Wildman–Crippen MR) is 96.7 cm³/mol. The molecule has 1 aliphatic heterocycles. The molecule has 3 N–H and O–H groups in total. The van der Waals surface area contributed by atoms with Crippen molar-refractivity contribution in [3.8, 4) is 0 Å². The van der Waals surface area contributed by atoms with Crippen molar-refractivity contribution in [2.24, 2.45) is 0 Å². The van der Waals surface area contributed by atoms with E-state index in [1.807, 2.05) is 12.1 Å². The molecule has 4 nitrogen and oxygen atoms in total. The van der Waals surface area contributed by atoms with Crippen LogP contribution in [-0.4, -0.2) is 19.0 Å². The molecule has 120 valence electrons. The number of hydrogen-bond acceptors (Lipinski definition) is 3. The number of nitrogens with zero attached hydrogens (tertiary/aromatic N) is 1. The highest BCUT2D eigenvalue weighted by Gasteiger charge is 2.16. The zero-order valence-corrected chi connectivity index (χ0v) is 14.0. The largest absolute Gasteiger partial charge is 0.397 e. The molecule has 0 bridgehead atoms. The molecule has 0 aliphatic carbocycles. The zero-order chi connectivity index (χ0) is 16.4. The molecule has 1 heterocycles. The van der Waals surface area contributed by atoms with E-state index in [9.17, 15) is 4.79 Å². The minimum atomic E-state index is -0.292. The topological polar surface area (TPSA) is 58.4 Å². The molecule has 2 aromatic carbocycles. The van der Waals surface area contributed by atoms with Crippen LogP contribution in [0.25, 0.3) is 0 Å². The lowest BCUT2D eigenvalue weighted by Crippen LogP contribution is -2.19. The van der Waals surface area contributed by atoms with E-state index in [1.165, 1.54) is 12.8 Å². The number of rotatable bonds is 3. The Labute approximate surface area is 145 Å². The Kier molecular flexibility index (Phi) is 4.64. The number of nitrogens with two attached hydrogens (primary N) is 1. The summed E-state index contributed by atoms with van der Waals surface area (Å²) in [4.78, 5) is 14.6. The van der Waals surface area contributed by atoms with Gasteiger partial charge in [0.25, 0.3) is 5.91 Å². The Balaban J connectivity index is 1.77. The van der Waals surface area contributed by atoms with Crippen molar-refractivity contribution >= 4 is 46.2 Å². The zero-order valence-electron chi connectivity index (χ0n) is 12.5. The molecule has 1 aliphatic rings. The van der Waals surface area contributed by atoms with Gasteiger partial charge in [0.15, 0.2) is 0 Å². The lowest BCUT2D eigenvalue weighted by molar-refractivity contribution is 0.102. The van der Waals surface area contributed by atoms with Crippen LogP contribution in [0.1, 0.15) is 23.2 Å². The number of nitrogen functional groups attached to an aromatic ring is 1. The number of carbonyl (C=O) groups is 1. The van der Waals surface area contributed by atoms with Crippen molar-refractivity contribution in [3.63, 3.8) is 0 Å². The standard InChI is InChI=1S/C17H17Cl2N3O/c18-11-3-5-13(14(19)9-11)17(23)21-12-4-6-16(15(20)10-12)22-7-1-2-8-22/h3-6,9-10H,1-2,7-8,20H2,(H,21,23). The van der Waals surface area contributed by atoms with Crippen LogP contribution in [-0.2, 0) is 0 Å². The van der Waals surface area contributed by atoms with Gasteiger partial charge in [-0.25, -0.2) is 0 Å². The fourth-order valence-corrected chi connectivity index (χ4v) is 3.24. The van der Waals surface area contributed by atoms with Crippen LogP contribution in [0.4, 0.5) is 17.1 Å². The first-order valence-corrected chi connectivity index (χ1v) is 8.21. The van der Waals surface area contributed by atoms with Gasteiger partial charge < -0.3 is 16.0 Å². The van der Waals surface area contributed by atoms with Crippen LogP contribution in [0.2, 0.25) is 10.0 Å². The summed E-state index contributed by atoms with van der Waals surface area (Å²) in [6, 6.07) is 10.3. The van der Waals surface area contributed by atoms with Gasteiger partial charge in [-0.05, 0) is 49.2 Å². The number of halogens is 2. The van der Waals surface area contributed by atoms with E-state index in [2.05, 4.69) is 10.2 Å². The SMILES string of the molecule is Nc1cc(NC(=O)c2ccc(Cl)cc2Cl)ccc1N1CCCC1. The first kappa shape index (κ1) is 16.0. The van der Waals surface area contributed by atoms with E-state index in [0.29, 0.717) is 27.0 Å². The first-order chi connectivity index (χ1) is 11.0. The average molecular weight is 350 g/mol. The molecule has 0 atom stereocenters. The van der Waals surface area contributed by atoms with E-state index in [0.717, 1.165) is 18.8 Å². The van der Waals surface area contributed by atoms with Gasteiger partial charge >= 0.3 is 0 Å². The summed E-state index contributed by atoms with van der Waals surface area (Å²) >= 11 is 11.9. The van der Waals surface area contributed by atoms with Crippen molar-refractivity contribution < 1.29 is 4.79 Å². The molecule has 1 saturated heterocycles. The summed E-state index contributed by atoms with van der Waals surface area (Å²) in [5.74, 6) is -0.292. The van der Waals surface area contributed by atoms with Crippen LogP contribution >= 0.6 is 23.2 Å². The van der Waals surface area contributed by atoms with Crippen molar-refractivity contribution in [1.29, 1.82) is 0 Å². The molecule has 6 heteroatoms. The predicted octanol–water partition coefficient (Wildman–Crippen LogP) is 4.43. The number of nitrogens with one attached hydrogen (secondary N) is 1. The van der Waals surface area contributed by atoms with Gasteiger partial charge in [-0.2, -0.15) is 0 Å². The van der Waals surface area contributed by atoms with Gasteiger partial charge in [-0.15, -0.1) is 0 Å². The van der Waals surface area contributed by atoms with E-state index >= 15 is 0 Å². The van der Waals surface area contributed by atoms with Gasteiger partial charge in [0.2, 0.25) is 0 Å². The summed E-state index contributed by atoms with van der Waals surface area (Å²) in [6.45, 7) is 2.05. The lowest BCUT2D eigenvalue weighted by atomic mass is 10.2. The molecule has 0 aromatic heterocycles. The molecule has 2 aromatic rings. The molecule has 0 radical (unpaired) electrons. The minimum absolute atomic E-state index is 0.292. The van der Waals surface area contributed by atoms with Crippen LogP contribution in [0.5, 0.6) is 0 Å². The van der Waals surface area contributed by atoms with E-state index in [4.69, 9.17) is 28.9 Å². The second-order valence-corrected chi connectivity index (χ2v) is 6.39. The molecule has 1 fully saturated rings. The van der Waals surface area contributed by atoms with Gasteiger partial charge in [-0.3, -0.25) is 4.79 Å². The van der Waals surface area contributed by atoms with Gasteiger partial charge in [0, 0.05) is 23.8 Å². The number of carbonyl (C=O) groups excluding carboxylic acids is 1. The molecule has 0 saturated carbocycles. The van der Waals surface area contributed by atoms with Crippen molar-refractivity contribution in [3.05, 3.63) is 52.0 Å². The summed E-state index contributed by atoms with van der Waals surface area (Å²) in [6.07, 6.45) is 2.37. The normalized spacial score (nSPS) is 14.1. The number of amides is 1. The van der Waals surface area contributed by atoms with Crippen LogP contribution < -0.4 is 16.0 Å². The molecular weight excluding hydrogens is 333 g/mol. The van der Waals surface area contributed by atoms with Gasteiger partial charge in [0.05, 0.1) is 22.0 Å². The monoisotopic (exact) mass is 349 g/mol. The third-order valence-corrected chi connectivity index (χ3v) is 4.46. The molecule has 3 rings (SSSR count). The summed E-state index contributed by atoms with van der Waals surface area (Å²) in [5.41, 5.74) is 8.82. The third-order valence-electron chi connectivity index (χ3n) is 3.91. The van der Waals surface area contributed by atoms with Gasteiger partial charge in [0.1, 0.15) is 0 Å². The highest BCUT2D eigenvalue weighted by Crippen LogP contribution is 2.30.